The van der Waals surface area contributed by atoms with Gasteiger partial charge in [0.05, 0.1) is 27.6 Å². The monoisotopic (exact) mass is 165 g/mol. The van der Waals surface area contributed by atoms with Crippen molar-refractivity contribution in [2.75, 3.05) is 20.6 Å². The van der Waals surface area contributed by atoms with Crippen molar-refractivity contribution in [1.29, 1.82) is 0 Å². The highest BCUT2D eigenvalue weighted by atomic mass is 35.5. The number of carbonyl (C=O) groups excluding carboxylic acids is 1. The lowest BCUT2D eigenvalue weighted by atomic mass is 10.4. The Hall–Kier alpha value is -0.0800. The zero-order valence-corrected chi connectivity index (χ0v) is 7.90. The van der Waals surface area contributed by atoms with E-state index >= 15 is 0 Å². The molecule has 0 aromatic rings. The molecular formula is C7H16ClNO. The summed E-state index contributed by atoms with van der Waals surface area (Å²) >= 11 is 0. The smallest absolute Gasteiger partial charge is 0.310 e. The van der Waals surface area contributed by atoms with Crippen LogP contribution in [0.4, 0.5) is 0 Å². The lowest BCUT2D eigenvalue weighted by molar-refractivity contribution is -0.813. The van der Waals surface area contributed by atoms with E-state index in [9.17, 15) is 4.79 Å². The molecule has 0 rings (SSSR count). The summed E-state index contributed by atoms with van der Waals surface area (Å²) in [7, 11) is 3.87. The van der Waals surface area contributed by atoms with Crippen molar-refractivity contribution in [3.63, 3.8) is 0 Å². The topological polar surface area (TPSA) is 17.1 Å². The van der Waals surface area contributed by atoms with E-state index in [1.807, 2.05) is 14.1 Å². The molecule has 0 bridgehead atoms. The van der Waals surface area contributed by atoms with Crippen molar-refractivity contribution in [3.8, 4) is 0 Å². The summed E-state index contributed by atoms with van der Waals surface area (Å²) in [4.78, 5) is 10.8. The van der Waals surface area contributed by atoms with Crippen LogP contribution in [0.3, 0.4) is 0 Å². The Morgan fingerprint density at radius 3 is 1.90 bits per heavy atom. The Morgan fingerprint density at radius 2 is 1.80 bits per heavy atom. The fourth-order valence-electron chi connectivity index (χ4n) is 0.716. The van der Waals surface area contributed by atoms with Gasteiger partial charge in [-0.15, -0.1) is 0 Å². The van der Waals surface area contributed by atoms with Crippen LogP contribution in [0.2, 0.25) is 0 Å². The summed E-state index contributed by atoms with van der Waals surface area (Å²) in [6.07, 6.45) is 1.06. The SMILES string of the molecule is CCC[N+](C)(C)C(C)=O.[Cl-]. The number of carbonyl (C=O) groups is 1. The van der Waals surface area contributed by atoms with Gasteiger partial charge in [-0.3, -0.25) is 4.48 Å². The minimum Gasteiger partial charge on any atom is -1.00 e. The van der Waals surface area contributed by atoms with Crippen LogP contribution < -0.4 is 12.4 Å². The van der Waals surface area contributed by atoms with E-state index in [1.165, 1.54) is 0 Å². The van der Waals surface area contributed by atoms with E-state index in [0.717, 1.165) is 13.0 Å². The first-order valence-corrected chi connectivity index (χ1v) is 3.35. The predicted octanol–water partition coefficient (Wildman–Crippen LogP) is -1.98. The van der Waals surface area contributed by atoms with Crippen LogP contribution >= 0.6 is 0 Å². The third-order valence-corrected chi connectivity index (χ3v) is 1.64. The predicted molar refractivity (Wildman–Crippen MR) is 37.9 cm³/mol. The number of rotatable bonds is 2. The molecule has 0 unspecified atom stereocenters. The van der Waals surface area contributed by atoms with Crippen LogP contribution in [0.25, 0.3) is 0 Å². The van der Waals surface area contributed by atoms with E-state index in [1.54, 1.807) is 6.92 Å². The molecule has 1 amide bonds. The second-order valence-corrected chi connectivity index (χ2v) is 2.93. The molecular weight excluding hydrogens is 150 g/mol. The quantitative estimate of drug-likeness (QED) is 0.434. The summed E-state index contributed by atoms with van der Waals surface area (Å²) in [5, 5.41) is 0. The number of quaternary nitrogens is 1. The molecule has 3 heteroatoms. The minimum atomic E-state index is 0. The highest BCUT2D eigenvalue weighted by Crippen LogP contribution is 1.98. The second kappa shape index (κ2) is 4.69. The standard InChI is InChI=1S/C7H16NO.ClH/c1-5-6-8(3,4)7(2)9;/h5-6H2,1-4H3;1H/q+1;/p-1. The molecule has 0 heterocycles. The lowest BCUT2D eigenvalue weighted by Crippen LogP contribution is -3.00. The van der Waals surface area contributed by atoms with Gasteiger partial charge in [0.15, 0.2) is 0 Å². The molecule has 2 nitrogen and oxygen atoms in total. The van der Waals surface area contributed by atoms with Crippen molar-refractivity contribution >= 4 is 5.91 Å². The largest absolute Gasteiger partial charge is 1.00 e. The van der Waals surface area contributed by atoms with Gasteiger partial charge in [-0.05, 0) is 6.42 Å². The van der Waals surface area contributed by atoms with E-state index in [2.05, 4.69) is 6.92 Å². The average molecular weight is 166 g/mol. The molecule has 0 atom stereocenters. The highest BCUT2D eigenvalue weighted by molar-refractivity contribution is 5.65. The Kier molecular flexibility index (Phi) is 5.90. The molecule has 0 aliphatic carbocycles. The Bertz CT molecular complexity index is 112. The number of nitrogens with zero attached hydrogens (tertiary/aromatic N) is 1. The molecule has 0 aromatic carbocycles. The van der Waals surface area contributed by atoms with E-state index < -0.39 is 0 Å². The molecule has 0 saturated carbocycles. The van der Waals surface area contributed by atoms with Crippen LogP contribution in [0, 0.1) is 0 Å². The van der Waals surface area contributed by atoms with E-state index in [0.29, 0.717) is 4.48 Å². The molecule has 0 aliphatic heterocycles. The van der Waals surface area contributed by atoms with Gasteiger partial charge in [0.1, 0.15) is 0 Å². The molecule has 62 valence electrons. The average Bonchev–Trinajstić information content (AvgIpc) is 1.65. The van der Waals surface area contributed by atoms with Gasteiger partial charge >= 0.3 is 5.91 Å². The zero-order valence-electron chi connectivity index (χ0n) is 7.15. The van der Waals surface area contributed by atoms with Gasteiger partial charge in [-0.1, -0.05) is 6.92 Å². The number of hydrogen-bond acceptors (Lipinski definition) is 1. The van der Waals surface area contributed by atoms with Gasteiger partial charge < -0.3 is 12.4 Å². The number of halogens is 1. The molecule has 0 N–H and O–H groups in total. The van der Waals surface area contributed by atoms with Gasteiger partial charge in [0.2, 0.25) is 0 Å². The molecule has 0 fully saturated rings. The summed E-state index contributed by atoms with van der Waals surface area (Å²) in [6.45, 7) is 4.66. The van der Waals surface area contributed by atoms with Crippen molar-refractivity contribution in [2.45, 2.75) is 20.3 Å². The molecule has 0 spiro atoms. The summed E-state index contributed by atoms with van der Waals surface area (Å²) < 4.78 is 0.510. The van der Waals surface area contributed by atoms with Crippen molar-refractivity contribution < 1.29 is 21.7 Å². The maximum absolute atomic E-state index is 10.8. The summed E-state index contributed by atoms with van der Waals surface area (Å²) in [5.41, 5.74) is 0. The Balaban J connectivity index is 0. The summed E-state index contributed by atoms with van der Waals surface area (Å²) in [6, 6.07) is 0. The second-order valence-electron chi connectivity index (χ2n) is 2.93. The van der Waals surface area contributed by atoms with E-state index in [-0.39, 0.29) is 18.3 Å². The van der Waals surface area contributed by atoms with Gasteiger partial charge in [-0.2, -0.15) is 0 Å². The number of amides is 1. The van der Waals surface area contributed by atoms with Crippen LogP contribution in [0.1, 0.15) is 20.3 Å². The fourth-order valence-corrected chi connectivity index (χ4v) is 0.716. The first kappa shape index (κ1) is 12.6. The molecule has 0 aromatic heterocycles. The first-order chi connectivity index (χ1) is 4.00. The zero-order chi connectivity index (χ0) is 7.49. The van der Waals surface area contributed by atoms with Gasteiger partial charge in [0, 0.05) is 0 Å². The van der Waals surface area contributed by atoms with Crippen molar-refractivity contribution in [2.24, 2.45) is 0 Å². The normalized spacial score (nSPS) is 10.4. The third kappa shape index (κ3) is 3.85. The Morgan fingerprint density at radius 1 is 1.40 bits per heavy atom. The molecule has 10 heavy (non-hydrogen) atoms. The maximum atomic E-state index is 10.8. The van der Waals surface area contributed by atoms with Crippen molar-refractivity contribution in [1.82, 2.24) is 0 Å². The molecule has 0 saturated heterocycles. The maximum Gasteiger partial charge on any atom is 0.310 e. The first-order valence-electron chi connectivity index (χ1n) is 3.35. The minimum absolute atomic E-state index is 0. The van der Waals surface area contributed by atoms with Crippen LogP contribution in [0.15, 0.2) is 0 Å². The fraction of sp³-hybridized carbons (Fsp3) is 0.857. The summed E-state index contributed by atoms with van der Waals surface area (Å²) in [5.74, 6) is 0.233. The van der Waals surface area contributed by atoms with Crippen LogP contribution in [-0.2, 0) is 4.79 Å². The third-order valence-electron chi connectivity index (χ3n) is 1.64. The van der Waals surface area contributed by atoms with Gasteiger partial charge in [-0.25, -0.2) is 4.79 Å². The number of hydrogen-bond donors (Lipinski definition) is 0. The highest BCUT2D eigenvalue weighted by Gasteiger charge is 2.18. The lowest BCUT2D eigenvalue weighted by Gasteiger charge is -2.24. The van der Waals surface area contributed by atoms with Crippen LogP contribution in [-0.4, -0.2) is 31.0 Å². The van der Waals surface area contributed by atoms with Gasteiger partial charge in [0.25, 0.3) is 0 Å². The van der Waals surface area contributed by atoms with Crippen molar-refractivity contribution in [3.05, 3.63) is 0 Å². The molecule has 0 aliphatic rings. The van der Waals surface area contributed by atoms with E-state index in [4.69, 9.17) is 0 Å². The molecule has 0 radical (unpaired) electrons. The Labute approximate surface area is 69.2 Å². The van der Waals surface area contributed by atoms with Crippen LogP contribution in [0.5, 0.6) is 0 Å².